The minimum atomic E-state index is 0. The fourth-order valence-electron chi connectivity index (χ4n) is 6.63. The van der Waals surface area contributed by atoms with E-state index in [-0.39, 0.29) is 21.1 Å². The van der Waals surface area contributed by atoms with Crippen LogP contribution in [0, 0.1) is 12.1 Å². The normalized spacial score (nSPS) is 13.8. The Hall–Kier alpha value is -6.43. The first-order valence-electron chi connectivity index (χ1n) is 16.8. The van der Waals surface area contributed by atoms with Crippen LogP contribution in [0.4, 0.5) is 28.4 Å². The Bertz CT molecular complexity index is 2730. The standard InChI is InChI=1S/C46H30N4O.Pt/c1-47-28-29-48(32-47)37-19-11-21-39(30-37)51-40-22-12-20-38(31-40)49-33-50(46-43-23-10-9-18-36(43)26-27-44(46)49)45-41(34-14-5-2-3-6-15-34)24-13-25-42(45)35-16-7-4-8-17-35;/h2,4-29H,1H3;/q2*+2. The summed E-state index contributed by atoms with van der Waals surface area (Å²) in [5.41, 5.74) is 12.3. The van der Waals surface area contributed by atoms with Crippen LogP contribution in [0.15, 0.2) is 170 Å². The van der Waals surface area contributed by atoms with Crippen LogP contribution >= 0.6 is 0 Å². The van der Waals surface area contributed by atoms with Gasteiger partial charge in [0, 0.05) is 17.6 Å². The molecule has 9 rings (SSSR count). The Balaban J connectivity index is 0.00000387. The number of para-hydroxylation sites is 1. The smallest absolute Gasteiger partial charge is 0.509 e. The molecule has 2 heterocycles. The molecule has 0 aromatic heterocycles. The van der Waals surface area contributed by atoms with E-state index in [0.29, 0.717) is 11.5 Å². The summed E-state index contributed by atoms with van der Waals surface area (Å²) in [6.45, 7) is 0. The molecule has 0 saturated heterocycles. The minimum absolute atomic E-state index is 0. The summed E-state index contributed by atoms with van der Waals surface area (Å²) >= 11 is 0. The SMILES string of the molecule is C[N+]1=C=[N+](c2[c-]c(Oc3[c-]c([N+]4=C=[N+](c5c(C6=CC=C=CC=C6)cccc5-c5ccccc5)c5c4ccc4ccccc54)ccc3)ccc2)C=C1.[Pt+2]. The zero-order valence-corrected chi connectivity index (χ0v) is 30.4. The number of benzene rings is 6. The first-order chi connectivity index (χ1) is 25.2. The Morgan fingerprint density at radius 2 is 1.37 bits per heavy atom. The molecule has 0 N–H and O–H groups in total. The number of hydrogen-bond donors (Lipinski definition) is 0. The van der Waals surface area contributed by atoms with Gasteiger partial charge >= 0.3 is 38.8 Å². The van der Waals surface area contributed by atoms with E-state index in [1.807, 2.05) is 83.2 Å². The van der Waals surface area contributed by atoms with Crippen LogP contribution in [0.2, 0.25) is 0 Å². The molecule has 52 heavy (non-hydrogen) atoms. The summed E-state index contributed by atoms with van der Waals surface area (Å²) in [6, 6.07) is 55.5. The van der Waals surface area contributed by atoms with Crippen molar-refractivity contribution in [3.05, 3.63) is 188 Å². The van der Waals surface area contributed by atoms with Gasteiger partial charge in [-0.3, -0.25) is 0 Å². The van der Waals surface area contributed by atoms with E-state index in [2.05, 4.69) is 136 Å². The third-order valence-electron chi connectivity index (χ3n) is 8.96. The first kappa shape index (κ1) is 32.8. The first-order valence-corrected chi connectivity index (χ1v) is 16.8. The van der Waals surface area contributed by atoms with Crippen molar-refractivity contribution in [3.8, 4) is 22.6 Å². The van der Waals surface area contributed by atoms with Crippen LogP contribution in [0.3, 0.4) is 0 Å². The fourth-order valence-corrected chi connectivity index (χ4v) is 6.63. The van der Waals surface area contributed by atoms with Crippen molar-refractivity contribution < 1.29 is 35.0 Å². The molecule has 0 spiro atoms. The maximum absolute atomic E-state index is 6.36. The molecule has 2 aliphatic heterocycles. The fraction of sp³-hybridized carbons (Fsp3) is 0.0217. The van der Waals surface area contributed by atoms with E-state index in [9.17, 15) is 0 Å². The third-order valence-corrected chi connectivity index (χ3v) is 8.96. The van der Waals surface area contributed by atoms with Crippen molar-refractivity contribution in [1.82, 2.24) is 9.15 Å². The maximum atomic E-state index is 6.36. The van der Waals surface area contributed by atoms with Gasteiger partial charge in [0.15, 0.2) is 7.05 Å². The van der Waals surface area contributed by atoms with Crippen LogP contribution in [0.5, 0.6) is 11.5 Å². The molecular weight excluding hydrogens is 820 g/mol. The van der Waals surface area contributed by atoms with E-state index in [1.165, 1.54) is 0 Å². The van der Waals surface area contributed by atoms with E-state index < -0.39 is 0 Å². The van der Waals surface area contributed by atoms with Crippen molar-refractivity contribution in [2.75, 3.05) is 7.05 Å². The number of rotatable bonds is 7. The molecule has 0 bridgehead atoms. The van der Waals surface area contributed by atoms with Crippen molar-refractivity contribution in [1.29, 1.82) is 0 Å². The number of ether oxygens (including phenoxy) is 1. The van der Waals surface area contributed by atoms with Gasteiger partial charge in [0.1, 0.15) is 11.4 Å². The number of fused-ring (bicyclic) bond motifs is 3. The van der Waals surface area contributed by atoms with E-state index in [0.717, 1.165) is 61.5 Å². The maximum Gasteiger partial charge on any atom is 2.00 e. The van der Waals surface area contributed by atoms with Gasteiger partial charge in [0.05, 0.1) is 16.5 Å². The summed E-state index contributed by atoms with van der Waals surface area (Å²) in [6.07, 6.45) is 14.0. The van der Waals surface area contributed by atoms with Gasteiger partial charge in [-0.2, -0.15) is 12.1 Å². The zero-order chi connectivity index (χ0) is 34.1. The molecule has 3 aliphatic rings. The van der Waals surface area contributed by atoms with E-state index in [4.69, 9.17) is 4.74 Å². The second-order valence-corrected chi connectivity index (χ2v) is 12.3. The Morgan fingerprint density at radius 3 is 2.19 bits per heavy atom. The molecular formula is C46H30N4OPt+4. The quantitative estimate of drug-likeness (QED) is 0.0890. The summed E-state index contributed by atoms with van der Waals surface area (Å²) in [7, 11) is 1.94. The minimum Gasteiger partial charge on any atom is -0.509 e. The van der Waals surface area contributed by atoms with E-state index >= 15 is 0 Å². The van der Waals surface area contributed by atoms with Crippen LogP contribution in [0.1, 0.15) is 5.56 Å². The van der Waals surface area contributed by atoms with Crippen LogP contribution in [0.25, 0.3) is 27.5 Å². The average molecular weight is 850 g/mol. The van der Waals surface area contributed by atoms with Crippen LogP contribution < -0.4 is 13.9 Å². The second-order valence-electron chi connectivity index (χ2n) is 12.3. The van der Waals surface area contributed by atoms with Gasteiger partial charge in [0.25, 0.3) is 11.9 Å². The van der Waals surface area contributed by atoms with Gasteiger partial charge in [-0.25, -0.2) is 0 Å². The predicted molar refractivity (Wildman–Crippen MR) is 204 cm³/mol. The third kappa shape index (κ3) is 6.12. The average Bonchev–Trinajstić information content (AvgIpc) is 3.69. The largest absolute Gasteiger partial charge is 2.00 e. The molecule has 0 saturated carbocycles. The Morgan fingerprint density at radius 1 is 0.615 bits per heavy atom. The molecule has 5 nitrogen and oxygen atoms in total. The molecule has 0 atom stereocenters. The number of allylic oxidation sites excluding steroid dienone is 5. The van der Waals surface area contributed by atoms with Gasteiger partial charge < -0.3 is 4.74 Å². The van der Waals surface area contributed by atoms with E-state index in [1.54, 1.807) is 0 Å². The second kappa shape index (κ2) is 14.1. The molecule has 6 heteroatoms. The van der Waals surface area contributed by atoms with Gasteiger partial charge in [-0.05, 0) is 63.6 Å². The summed E-state index contributed by atoms with van der Waals surface area (Å²) < 4.78 is 14.4. The number of nitrogens with zero attached hydrogens (tertiary/aromatic N) is 4. The topological polar surface area (TPSA) is 21.3 Å². The van der Waals surface area contributed by atoms with Crippen LogP contribution in [-0.2, 0) is 21.1 Å². The Labute approximate surface area is 316 Å². The molecule has 1 aliphatic carbocycles. The monoisotopic (exact) mass is 849 g/mol. The van der Waals surface area contributed by atoms with Gasteiger partial charge in [0.2, 0.25) is 11.9 Å². The summed E-state index contributed by atoms with van der Waals surface area (Å²) in [5, 5.41) is 2.27. The van der Waals surface area contributed by atoms with Crippen LogP contribution in [-0.4, -0.2) is 28.2 Å². The molecule has 0 unspecified atom stereocenters. The molecule has 0 fully saturated rings. The molecule has 6 aromatic rings. The summed E-state index contributed by atoms with van der Waals surface area (Å²) in [5.74, 6) is 1.16. The van der Waals surface area contributed by atoms with Gasteiger partial charge in [-0.1, -0.05) is 105 Å². The number of hydrogen-bond acceptors (Lipinski definition) is 1. The predicted octanol–water partition coefficient (Wildman–Crippen LogP) is 10.4. The molecule has 0 amide bonds. The summed E-state index contributed by atoms with van der Waals surface area (Å²) in [4.78, 5) is 0. The van der Waals surface area contributed by atoms with Crippen molar-refractivity contribution in [3.63, 3.8) is 0 Å². The van der Waals surface area contributed by atoms with Crippen molar-refractivity contribution >= 4 is 56.8 Å². The van der Waals surface area contributed by atoms with Gasteiger partial charge in [-0.15, -0.1) is 17.9 Å². The van der Waals surface area contributed by atoms with Crippen molar-refractivity contribution in [2.24, 2.45) is 0 Å². The molecule has 0 radical (unpaired) electrons. The Kier molecular flexibility index (Phi) is 8.86. The molecule has 6 aromatic carbocycles. The molecule has 246 valence electrons. The van der Waals surface area contributed by atoms with Crippen molar-refractivity contribution in [2.45, 2.75) is 0 Å². The zero-order valence-electron chi connectivity index (χ0n) is 28.1.